The highest BCUT2D eigenvalue weighted by Gasteiger charge is 2.16. The lowest BCUT2D eigenvalue weighted by Gasteiger charge is -2.12. The average Bonchev–Trinajstić information content (AvgIpc) is 3.18. The van der Waals surface area contributed by atoms with Crippen molar-refractivity contribution < 1.29 is 0 Å². The summed E-state index contributed by atoms with van der Waals surface area (Å²) >= 11 is 0. The third kappa shape index (κ3) is 2.54. The van der Waals surface area contributed by atoms with Crippen molar-refractivity contribution in [2.24, 2.45) is 0 Å². The van der Waals surface area contributed by atoms with E-state index in [1.807, 2.05) is 6.20 Å². The number of hydrogen-bond donors (Lipinski definition) is 2. The molecule has 0 aliphatic heterocycles. The van der Waals surface area contributed by atoms with E-state index in [2.05, 4.69) is 58.8 Å². The molecule has 2 aromatic carbocycles. The van der Waals surface area contributed by atoms with E-state index in [1.165, 1.54) is 47.8 Å². The minimum absolute atomic E-state index is 0.762. The molecule has 21 heavy (non-hydrogen) atoms. The second kappa shape index (κ2) is 5.28. The van der Waals surface area contributed by atoms with Crippen molar-refractivity contribution in [2.75, 3.05) is 5.32 Å². The van der Waals surface area contributed by atoms with Gasteiger partial charge in [-0.25, -0.2) is 0 Å². The summed E-state index contributed by atoms with van der Waals surface area (Å²) < 4.78 is 0. The minimum Gasteiger partial charge on any atom is -0.361 e. The van der Waals surface area contributed by atoms with Crippen LogP contribution in [0.3, 0.4) is 0 Å². The highest BCUT2D eigenvalue weighted by Crippen LogP contribution is 2.35. The summed E-state index contributed by atoms with van der Waals surface area (Å²) in [6, 6.07) is 17.5. The summed E-state index contributed by atoms with van der Waals surface area (Å²) in [5.41, 5.74) is 4.98. The number of nitrogens with one attached hydrogen (secondary N) is 2. The number of aromatic nitrogens is 1. The van der Waals surface area contributed by atoms with Crippen molar-refractivity contribution in [3.05, 3.63) is 60.3 Å². The molecule has 1 fully saturated rings. The second-order valence-electron chi connectivity index (χ2n) is 6.01. The van der Waals surface area contributed by atoms with E-state index in [9.17, 15) is 0 Å². The third-order valence-electron chi connectivity index (χ3n) is 4.56. The number of benzene rings is 2. The quantitative estimate of drug-likeness (QED) is 0.643. The third-order valence-corrected chi connectivity index (χ3v) is 4.56. The highest BCUT2D eigenvalue weighted by atomic mass is 14.9. The number of anilines is 2. The first kappa shape index (κ1) is 12.5. The van der Waals surface area contributed by atoms with Crippen LogP contribution in [0.15, 0.2) is 54.7 Å². The van der Waals surface area contributed by atoms with E-state index in [-0.39, 0.29) is 0 Å². The van der Waals surface area contributed by atoms with Crippen LogP contribution in [-0.2, 0) is 0 Å². The van der Waals surface area contributed by atoms with Crippen LogP contribution >= 0.6 is 0 Å². The zero-order valence-corrected chi connectivity index (χ0v) is 12.1. The fraction of sp³-hybridized carbons (Fsp3) is 0.263. The predicted molar refractivity (Wildman–Crippen MR) is 89.2 cm³/mol. The van der Waals surface area contributed by atoms with Gasteiger partial charge in [0.2, 0.25) is 0 Å². The van der Waals surface area contributed by atoms with E-state index < -0.39 is 0 Å². The summed E-state index contributed by atoms with van der Waals surface area (Å²) in [6.45, 7) is 0. The number of fused-ring (bicyclic) bond motifs is 1. The first-order valence-corrected chi connectivity index (χ1v) is 7.83. The van der Waals surface area contributed by atoms with Crippen LogP contribution < -0.4 is 5.32 Å². The van der Waals surface area contributed by atoms with Crippen LogP contribution in [0.25, 0.3) is 10.9 Å². The molecular weight excluding hydrogens is 256 g/mol. The highest BCUT2D eigenvalue weighted by molar-refractivity contribution is 5.83. The van der Waals surface area contributed by atoms with Gasteiger partial charge >= 0.3 is 0 Å². The van der Waals surface area contributed by atoms with Gasteiger partial charge in [-0.05, 0) is 60.0 Å². The van der Waals surface area contributed by atoms with Crippen LogP contribution in [-0.4, -0.2) is 4.98 Å². The van der Waals surface area contributed by atoms with Crippen molar-refractivity contribution in [3.8, 4) is 0 Å². The molecule has 1 aromatic heterocycles. The Kier molecular flexibility index (Phi) is 3.15. The van der Waals surface area contributed by atoms with Gasteiger partial charge in [-0.3, -0.25) is 0 Å². The Bertz CT molecular complexity index is 751. The van der Waals surface area contributed by atoms with E-state index in [1.54, 1.807) is 0 Å². The summed E-state index contributed by atoms with van der Waals surface area (Å²) in [5, 5.41) is 4.78. The Morgan fingerprint density at radius 1 is 0.905 bits per heavy atom. The van der Waals surface area contributed by atoms with Gasteiger partial charge in [0.05, 0.1) is 0 Å². The maximum Gasteiger partial charge on any atom is 0.0474 e. The number of rotatable bonds is 3. The largest absolute Gasteiger partial charge is 0.361 e. The lowest BCUT2D eigenvalue weighted by molar-refractivity contribution is 0.723. The monoisotopic (exact) mass is 276 g/mol. The molecule has 0 unspecified atom stereocenters. The van der Waals surface area contributed by atoms with Gasteiger partial charge < -0.3 is 10.3 Å². The SMILES string of the molecule is c1cc(Nc2ccc3cc[nH]c3c2)cc(C2CCCC2)c1. The normalized spacial score (nSPS) is 15.6. The molecule has 2 N–H and O–H groups in total. The Morgan fingerprint density at radius 3 is 2.67 bits per heavy atom. The molecule has 0 radical (unpaired) electrons. The molecule has 1 aliphatic carbocycles. The molecular formula is C19H20N2. The average molecular weight is 276 g/mol. The molecule has 4 rings (SSSR count). The molecule has 0 saturated heterocycles. The van der Waals surface area contributed by atoms with Crippen molar-refractivity contribution in [1.82, 2.24) is 4.98 Å². The van der Waals surface area contributed by atoms with Crippen molar-refractivity contribution in [2.45, 2.75) is 31.6 Å². The van der Waals surface area contributed by atoms with Gasteiger partial charge in [0, 0.05) is 23.1 Å². The van der Waals surface area contributed by atoms with Crippen molar-refractivity contribution >= 4 is 22.3 Å². The molecule has 1 saturated carbocycles. The Morgan fingerprint density at radius 2 is 1.76 bits per heavy atom. The number of H-pyrrole nitrogens is 1. The molecule has 0 bridgehead atoms. The lowest BCUT2D eigenvalue weighted by Crippen LogP contribution is -1.95. The van der Waals surface area contributed by atoms with Gasteiger partial charge in [0.25, 0.3) is 0 Å². The molecule has 1 heterocycles. The predicted octanol–water partition coefficient (Wildman–Crippen LogP) is 5.57. The van der Waals surface area contributed by atoms with Gasteiger partial charge in [-0.1, -0.05) is 31.0 Å². The molecule has 106 valence electrons. The minimum atomic E-state index is 0.762. The van der Waals surface area contributed by atoms with E-state index in [4.69, 9.17) is 0 Å². The van der Waals surface area contributed by atoms with Crippen LogP contribution in [0.4, 0.5) is 11.4 Å². The van der Waals surface area contributed by atoms with Gasteiger partial charge in [0.15, 0.2) is 0 Å². The van der Waals surface area contributed by atoms with E-state index >= 15 is 0 Å². The van der Waals surface area contributed by atoms with Gasteiger partial charge in [-0.2, -0.15) is 0 Å². The topological polar surface area (TPSA) is 27.8 Å². The van der Waals surface area contributed by atoms with Crippen LogP contribution in [0, 0.1) is 0 Å². The molecule has 2 nitrogen and oxygen atoms in total. The standard InChI is InChI=1S/C19H20N2/c1-2-5-14(4-1)16-6-3-7-17(12-16)21-18-9-8-15-10-11-20-19(15)13-18/h3,6-14,20-21H,1-2,4-5H2. The molecule has 3 aromatic rings. The Balaban J connectivity index is 1.59. The van der Waals surface area contributed by atoms with Crippen molar-refractivity contribution in [3.63, 3.8) is 0 Å². The second-order valence-corrected chi connectivity index (χ2v) is 6.01. The zero-order chi connectivity index (χ0) is 14.1. The number of aromatic amines is 1. The lowest BCUT2D eigenvalue weighted by atomic mass is 9.97. The first-order chi connectivity index (χ1) is 10.4. The smallest absolute Gasteiger partial charge is 0.0474 e. The number of hydrogen-bond acceptors (Lipinski definition) is 1. The van der Waals surface area contributed by atoms with Crippen LogP contribution in [0.1, 0.15) is 37.2 Å². The van der Waals surface area contributed by atoms with Crippen LogP contribution in [0.2, 0.25) is 0 Å². The van der Waals surface area contributed by atoms with E-state index in [0.717, 1.165) is 11.6 Å². The molecule has 1 aliphatic rings. The van der Waals surface area contributed by atoms with Crippen LogP contribution in [0.5, 0.6) is 0 Å². The molecule has 0 spiro atoms. The summed E-state index contributed by atoms with van der Waals surface area (Å²) in [6.07, 6.45) is 7.43. The van der Waals surface area contributed by atoms with Gasteiger partial charge in [-0.15, -0.1) is 0 Å². The van der Waals surface area contributed by atoms with Gasteiger partial charge in [0.1, 0.15) is 0 Å². The maximum atomic E-state index is 3.53. The van der Waals surface area contributed by atoms with Crippen molar-refractivity contribution in [1.29, 1.82) is 0 Å². The fourth-order valence-corrected chi connectivity index (χ4v) is 3.42. The maximum absolute atomic E-state index is 3.53. The summed E-state index contributed by atoms with van der Waals surface area (Å²) in [4.78, 5) is 3.26. The Labute approximate surface area is 125 Å². The fourth-order valence-electron chi connectivity index (χ4n) is 3.42. The molecule has 0 atom stereocenters. The summed E-state index contributed by atoms with van der Waals surface area (Å²) in [7, 11) is 0. The zero-order valence-electron chi connectivity index (χ0n) is 12.1. The van der Waals surface area contributed by atoms with E-state index in [0.29, 0.717) is 0 Å². The molecule has 2 heteroatoms. The molecule has 0 amide bonds. The Hall–Kier alpha value is -2.22. The first-order valence-electron chi connectivity index (χ1n) is 7.83. The summed E-state index contributed by atoms with van der Waals surface area (Å²) in [5.74, 6) is 0.762.